The van der Waals surface area contributed by atoms with Gasteiger partial charge in [-0.2, -0.15) is 0 Å². The first-order valence-electron chi connectivity index (χ1n) is 20.7. The van der Waals surface area contributed by atoms with Crippen molar-refractivity contribution < 1.29 is 0 Å². The van der Waals surface area contributed by atoms with E-state index in [4.69, 9.17) is 15.0 Å². The van der Waals surface area contributed by atoms with Crippen LogP contribution in [0.4, 0.5) is 0 Å². The van der Waals surface area contributed by atoms with Gasteiger partial charge in [-0.15, -0.1) is 0 Å². The molecule has 62 heavy (non-hydrogen) atoms. The number of rotatable bonds is 7. The van der Waals surface area contributed by atoms with Crippen LogP contribution in [0.25, 0.3) is 112 Å². The summed E-state index contributed by atoms with van der Waals surface area (Å²) in [5.41, 5.74) is 13.7. The van der Waals surface area contributed by atoms with Crippen molar-refractivity contribution in [2.45, 2.75) is 0 Å². The Labute approximate surface area is 356 Å². The van der Waals surface area contributed by atoms with Crippen molar-refractivity contribution in [2.75, 3.05) is 0 Å². The van der Waals surface area contributed by atoms with E-state index in [1.54, 1.807) is 12.4 Å². The molecule has 0 aliphatic rings. The molecule has 0 N–H and O–H groups in total. The highest BCUT2D eigenvalue weighted by Gasteiger charge is 2.17. The standard InChI is InChI=1S/C55H35N7/c1-2-15-41(16-3-1)61-49-21-6-4-17-43(49)45-34-38(25-29-51(45)61)36-23-27-42(28-24-36)62-50-22-7-5-18-44(50)46-35-39(26-30-52(46)62)37-13-12-14-40(33-37)53-58-54(47-19-8-10-31-56-47)60-55(59-53)48-20-9-11-32-57-48/h1-35H. The zero-order valence-corrected chi connectivity index (χ0v) is 33.3. The predicted octanol–water partition coefficient (Wildman–Crippen LogP) is 13.2. The predicted molar refractivity (Wildman–Crippen MR) is 251 cm³/mol. The molecule has 0 atom stereocenters. The van der Waals surface area contributed by atoms with Gasteiger partial charge in [-0.25, -0.2) is 15.0 Å². The van der Waals surface area contributed by atoms with Crippen LogP contribution >= 0.6 is 0 Å². The summed E-state index contributed by atoms with van der Waals surface area (Å²) >= 11 is 0. The molecule has 7 nitrogen and oxygen atoms in total. The molecule has 7 aromatic carbocycles. The van der Waals surface area contributed by atoms with Crippen molar-refractivity contribution in [2.24, 2.45) is 0 Å². The minimum atomic E-state index is 0.497. The van der Waals surface area contributed by atoms with Crippen molar-refractivity contribution in [1.29, 1.82) is 0 Å². The van der Waals surface area contributed by atoms with E-state index in [0.29, 0.717) is 28.9 Å². The number of nitrogens with zero attached hydrogens (tertiary/aromatic N) is 7. The van der Waals surface area contributed by atoms with E-state index in [-0.39, 0.29) is 0 Å². The normalized spacial score (nSPS) is 11.5. The molecule has 12 aromatic rings. The zero-order chi connectivity index (χ0) is 41.0. The van der Waals surface area contributed by atoms with Crippen LogP contribution in [0.5, 0.6) is 0 Å². The van der Waals surface area contributed by atoms with Crippen molar-refractivity contribution in [1.82, 2.24) is 34.1 Å². The average Bonchev–Trinajstić information content (AvgIpc) is 3.87. The quantitative estimate of drug-likeness (QED) is 0.161. The van der Waals surface area contributed by atoms with Crippen LogP contribution in [0.3, 0.4) is 0 Å². The maximum absolute atomic E-state index is 4.91. The molecule has 12 rings (SSSR count). The Morgan fingerprint density at radius 3 is 1.31 bits per heavy atom. The summed E-state index contributed by atoms with van der Waals surface area (Å²) < 4.78 is 4.73. The van der Waals surface area contributed by atoms with Gasteiger partial charge >= 0.3 is 0 Å². The Morgan fingerprint density at radius 2 is 0.726 bits per heavy atom. The fourth-order valence-electron chi connectivity index (χ4n) is 8.80. The minimum absolute atomic E-state index is 0.497. The molecule has 0 unspecified atom stereocenters. The molecule has 0 fully saturated rings. The van der Waals surface area contributed by atoms with Crippen LogP contribution in [0, 0.1) is 0 Å². The van der Waals surface area contributed by atoms with Gasteiger partial charge in [0.05, 0.1) is 22.1 Å². The van der Waals surface area contributed by atoms with Gasteiger partial charge in [0.25, 0.3) is 0 Å². The average molecular weight is 794 g/mol. The van der Waals surface area contributed by atoms with Gasteiger partial charge in [-0.05, 0) is 113 Å². The van der Waals surface area contributed by atoms with Crippen molar-refractivity contribution in [3.8, 4) is 68.1 Å². The summed E-state index contributed by atoms with van der Waals surface area (Å²) in [6, 6.07) is 70.3. The maximum Gasteiger partial charge on any atom is 0.182 e. The molecule has 0 saturated heterocycles. The van der Waals surface area contributed by atoms with Crippen LogP contribution < -0.4 is 0 Å². The molecule has 5 aromatic heterocycles. The van der Waals surface area contributed by atoms with Gasteiger partial charge in [0, 0.05) is 50.9 Å². The second-order valence-electron chi connectivity index (χ2n) is 15.4. The third-order valence-electron chi connectivity index (χ3n) is 11.7. The SMILES string of the molecule is c1ccc(-n2c3ccccc3c3cc(-c4ccc(-n5c6ccccc6c6cc(-c7cccc(-c8nc(-c9ccccn9)nc(-c9ccccn9)n8)c7)ccc65)cc4)ccc32)cc1. The summed E-state index contributed by atoms with van der Waals surface area (Å²) in [5.74, 6) is 1.55. The molecular formula is C55H35N7. The molecule has 0 saturated carbocycles. The summed E-state index contributed by atoms with van der Waals surface area (Å²) in [5, 5.41) is 4.87. The second kappa shape index (κ2) is 14.6. The molecule has 0 aliphatic heterocycles. The van der Waals surface area contributed by atoms with E-state index < -0.39 is 0 Å². The highest BCUT2D eigenvalue weighted by molar-refractivity contribution is 6.11. The van der Waals surface area contributed by atoms with E-state index in [0.717, 1.165) is 39.1 Å². The van der Waals surface area contributed by atoms with Crippen molar-refractivity contribution >= 4 is 43.6 Å². The molecule has 290 valence electrons. The lowest BCUT2D eigenvalue weighted by molar-refractivity contribution is 1.05. The molecule has 0 spiro atoms. The largest absolute Gasteiger partial charge is 0.309 e. The van der Waals surface area contributed by atoms with E-state index in [9.17, 15) is 0 Å². The monoisotopic (exact) mass is 793 g/mol. The first kappa shape index (κ1) is 35.4. The number of hydrogen-bond donors (Lipinski definition) is 0. The Kier molecular flexibility index (Phi) is 8.35. The third-order valence-corrected chi connectivity index (χ3v) is 11.7. The number of pyridine rings is 2. The number of aromatic nitrogens is 7. The first-order valence-corrected chi connectivity index (χ1v) is 20.7. The summed E-state index contributed by atoms with van der Waals surface area (Å²) in [6.07, 6.45) is 3.49. The minimum Gasteiger partial charge on any atom is -0.309 e. The molecule has 0 aliphatic carbocycles. The van der Waals surface area contributed by atoms with Gasteiger partial charge in [0.15, 0.2) is 17.5 Å². The Balaban J connectivity index is 0.915. The van der Waals surface area contributed by atoms with Crippen LogP contribution in [-0.2, 0) is 0 Å². The number of fused-ring (bicyclic) bond motifs is 6. The van der Waals surface area contributed by atoms with E-state index in [2.05, 4.69) is 177 Å². The Morgan fingerprint density at radius 1 is 0.274 bits per heavy atom. The zero-order valence-electron chi connectivity index (χ0n) is 33.3. The first-order chi connectivity index (χ1) is 30.7. The lowest BCUT2D eigenvalue weighted by atomic mass is 10.0. The molecule has 0 amide bonds. The van der Waals surface area contributed by atoms with Crippen molar-refractivity contribution in [3.63, 3.8) is 0 Å². The summed E-state index contributed by atoms with van der Waals surface area (Å²) in [6.45, 7) is 0. The van der Waals surface area contributed by atoms with Crippen LogP contribution in [-0.4, -0.2) is 34.1 Å². The van der Waals surface area contributed by atoms with E-state index in [1.165, 1.54) is 43.7 Å². The number of hydrogen-bond acceptors (Lipinski definition) is 5. The van der Waals surface area contributed by atoms with Crippen LogP contribution in [0.1, 0.15) is 0 Å². The second-order valence-corrected chi connectivity index (χ2v) is 15.4. The lowest BCUT2D eigenvalue weighted by Gasteiger charge is -2.11. The van der Waals surface area contributed by atoms with Gasteiger partial charge < -0.3 is 9.13 Å². The fraction of sp³-hybridized carbons (Fsp3) is 0. The molecule has 0 radical (unpaired) electrons. The van der Waals surface area contributed by atoms with Crippen LogP contribution in [0.2, 0.25) is 0 Å². The van der Waals surface area contributed by atoms with Crippen molar-refractivity contribution in [3.05, 3.63) is 213 Å². The van der Waals surface area contributed by atoms with E-state index in [1.807, 2.05) is 42.5 Å². The molecular weight excluding hydrogens is 759 g/mol. The van der Waals surface area contributed by atoms with Gasteiger partial charge in [-0.3, -0.25) is 9.97 Å². The van der Waals surface area contributed by atoms with Gasteiger partial charge in [-0.1, -0.05) is 109 Å². The molecule has 0 bridgehead atoms. The lowest BCUT2D eigenvalue weighted by Crippen LogP contribution is -2.01. The highest BCUT2D eigenvalue weighted by Crippen LogP contribution is 2.38. The summed E-state index contributed by atoms with van der Waals surface area (Å²) in [4.78, 5) is 23.7. The van der Waals surface area contributed by atoms with Gasteiger partial charge in [0.1, 0.15) is 11.4 Å². The third kappa shape index (κ3) is 6.02. The van der Waals surface area contributed by atoms with Gasteiger partial charge in [0.2, 0.25) is 0 Å². The summed E-state index contributed by atoms with van der Waals surface area (Å²) in [7, 11) is 0. The topological polar surface area (TPSA) is 74.3 Å². The highest BCUT2D eigenvalue weighted by atomic mass is 15.1. The fourth-order valence-corrected chi connectivity index (χ4v) is 8.80. The Bertz CT molecular complexity index is 3560. The maximum atomic E-state index is 4.91. The molecule has 5 heterocycles. The van der Waals surface area contributed by atoms with E-state index >= 15 is 0 Å². The van der Waals surface area contributed by atoms with Crippen LogP contribution in [0.15, 0.2) is 213 Å². The molecule has 7 heteroatoms. The number of para-hydroxylation sites is 3. The Hall–Kier alpha value is -8.55. The smallest absolute Gasteiger partial charge is 0.182 e. The number of benzene rings is 7.